The van der Waals surface area contributed by atoms with Crippen molar-refractivity contribution in [3.8, 4) is 0 Å². The quantitative estimate of drug-likeness (QED) is 0.564. The number of carbonyl (C=O) groups is 3. The Morgan fingerprint density at radius 1 is 1.13 bits per heavy atom. The summed E-state index contributed by atoms with van der Waals surface area (Å²) in [4.78, 5) is 38.0. The van der Waals surface area contributed by atoms with E-state index in [0.717, 1.165) is 0 Å². The molecule has 1 aliphatic heterocycles. The van der Waals surface area contributed by atoms with Crippen molar-refractivity contribution in [2.45, 2.75) is 38.8 Å². The Morgan fingerprint density at radius 2 is 1.90 bits per heavy atom. The third-order valence-electron chi connectivity index (χ3n) is 5.13. The average Bonchev–Trinajstić information content (AvgIpc) is 3.12. The summed E-state index contributed by atoms with van der Waals surface area (Å²) in [5, 5.41) is 16.8. The molecule has 0 fully saturated rings. The first-order valence-electron chi connectivity index (χ1n) is 10.2. The van der Waals surface area contributed by atoms with Gasteiger partial charge in [-0.25, -0.2) is 0 Å². The zero-order chi connectivity index (χ0) is 22.0. The van der Waals surface area contributed by atoms with Crippen molar-refractivity contribution in [2.24, 2.45) is 5.92 Å². The summed E-state index contributed by atoms with van der Waals surface area (Å²) in [5.41, 5.74) is 1.49. The molecule has 9 heteroatoms. The fraction of sp³-hybridized carbons (Fsp3) is 0.318. The van der Waals surface area contributed by atoms with Gasteiger partial charge in [0.05, 0.1) is 23.7 Å². The highest BCUT2D eigenvalue weighted by molar-refractivity contribution is 6.10. The van der Waals surface area contributed by atoms with E-state index in [4.69, 9.17) is 0 Å². The summed E-state index contributed by atoms with van der Waals surface area (Å²) in [6, 6.07) is 11.0. The monoisotopic (exact) mass is 420 g/mol. The molecule has 3 heterocycles. The highest BCUT2D eigenvalue weighted by atomic mass is 16.2. The second-order valence-electron chi connectivity index (χ2n) is 8.00. The van der Waals surface area contributed by atoms with Gasteiger partial charge in [-0.1, -0.05) is 32.0 Å². The maximum atomic E-state index is 12.9. The molecule has 3 aromatic rings. The summed E-state index contributed by atoms with van der Waals surface area (Å²) in [5.74, 6) is -0.267. The molecule has 3 N–H and O–H groups in total. The Labute approximate surface area is 179 Å². The smallest absolute Gasteiger partial charge is 0.254 e. The van der Waals surface area contributed by atoms with Gasteiger partial charge in [0.15, 0.2) is 11.5 Å². The first kappa shape index (κ1) is 20.5. The fourth-order valence-electron chi connectivity index (χ4n) is 3.69. The predicted molar refractivity (Wildman–Crippen MR) is 114 cm³/mol. The molecule has 0 saturated heterocycles. The van der Waals surface area contributed by atoms with Crippen molar-refractivity contribution in [3.05, 3.63) is 60.0 Å². The number of aromatic nitrogens is 3. The normalized spacial score (nSPS) is 16.9. The van der Waals surface area contributed by atoms with Crippen LogP contribution in [-0.4, -0.2) is 38.4 Å². The molecule has 1 aromatic carbocycles. The van der Waals surface area contributed by atoms with Gasteiger partial charge in [0, 0.05) is 6.20 Å². The molecule has 9 nitrogen and oxygen atoms in total. The molecule has 4 rings (SSSR count). The van der Waals surface area contributed by atoms with Crippen molar-refractivity contribution < 1.29 is 14.4 Å². The highest BCUT2D eigenvalue weighted by Crippen LogP contribution is 2.22. The molecular weight excluding hydrogens is 396 g/mol. The third kappa shape index (κ3) is 4.40. The Balaban J connectivity index is 1.50. The number of amides is 3. The molecule has 3 amide bonds. The molecule has 0 unspecified atom stereocenters. The SMILES string of the molecule is CC(C)C[C@@H](NC(=O)C[C@H]1NC(=O)c2ccccc2NC1=O)c1nnc2ccccn12. The van der Waals surface area contributed by atoms with Crippen molar-refractivity contribution in [1.82, 2.24) is 25.2 Å². The van der Waals surface area contributed by atoms with E-state index >= 15 is 0 Å². The summed E-state index contributed by atoms with van der Waals surface area (Å²) in [6.07, 6.45) is 2.31. The first-order chi connectivity index (χ1) is 14.9. The largest absolute Gasteiger partial charge is 0.346 e. The van der Waals surface area contributed by atoms with Crippen LogP contribution in [0.2, 0.25) is 0 Å². The van der Waals surface area contributed by atoms with Gasteiger partial charge in [0.1, 0.15) is 6.04 Å². The van der Waals surface area contributed by atoms with Crippen molar-refractivity contribution in [3.63, 3.8) is 0 Å². The summed E-state index contributed by atoms with van der Waals surface area (Å²) in [6.45, 7) is 4.11. The van der Waals surface area contributed by atoms with Gasteiger partial charge in [0.2, 0.25) is 11.8 Å². The maximum Gasteiger partial charge on any atom is 0.254 e. The lowest BCUT2D eigenvalue weighted by molar-refractivity contribution is -0.126. The van der Waals surface area contributed by atoms with Crippen molar-refractivity contribution >= 4 is 29.1 Å². The van der Waals surface area contributed by atoms with Gasteiger partial charge in [-0.05, 0) is 36.6 Å². The second-order valence-corrected chi connectivity index (χ2v) is 8.00. The molecule has 0 spiro atoms. The molecule has 2 atom stereocenters. The number of para-hydroxylation sites is 1. The van der Waals surface area contributed by atoms with E-state index in [1.54, 1.807) is 24.3 Å². The van der Waals surface area contributed by atoms with E-state index in [1.807, 2.05) is 28.8 Å². The molecule has 0 aliphatic carbocycles. The fourth-order valence-corrected chi connectivity index (χ4v) is 3.69. The molecule has 160 valence electrons. The standard InChI is InChI=1S/C22H24N6O3/c1-13(2)11-16(20-27-26-18-9-5-6-10-28(18)20)23-19(29)12-17-22(31)24-15-8-4-3-7-14(15)21(30)25-17/h3-10,13,16-17H,11-12H2,1-2H3,(H,23,29)(H,24,31)(H,25,30)/t16-,17-/m1/s1. The number of pyridine rings is 1. The van der Waals surface area contributed by atoms with Crippen molar-refractivity contribution in [1.29, 1.82) is 0 Å². The number of hydrogen-bond donors (Lipinski definition) is 3. The molecule has 2 aromatic heterocycles. The van der Waals surface area contributed by atoms with Gasteiger partial charge in [0.25, 0.3) is 5.91 Å². The van der Waals surface area contributed by atoms with Gasteiger partial charge < -0.3 is 16.0 Å². The zero-order valence-corrected chi connectivity index (χ0v) is 17.3. The van der Waals surface area contributed by atoms with Crippen LogP contribution in [0.25, 0.3) is 5.65 Å². The van der Waals surface area contributed by atoms with Crippen LogP contribution in [0.3, 0.4) is 0 Å². The first-order valence-corrected chi connectivity index (χ1v) is 10.2. The van der Waals surface area contributed by atoms with E-state index in [2.05, 4.69) is 40.0 Å². The maximum absolute atomic E-state index is 12.9. The Hall–Kier alpha value is -3.75. The lowest BCUT2D eigenvalue weighted by atomic mass is 10.0. The predicted octanol–water partition coefficient (Wildman–Crippen LogP) is 2.07. The minimum atomic E-state index is -0.977. The Bertz CT molecular complexity index is 1140. The topological polar surface area (TPSA) is 117 Å². The average molecular weight is 420 g/mol. The lowest BCUT2D eigenvalue weighted by Crippen LogP contribution is -2.45. The van der Waals surface area contributed by atoms with E-state index in [1.165, 1.54) is 0 Å². The molecular formula is C22H24N6O3. The van der Waals surface area contributed by atoms with Crippen LogP contribution in [0.5, 0.6) is 0 Å². The Morgan fingerprint density at radius 3 is 2.71 bits per heavy atom. The molecule has 31 heavy (non-hydrogen) atoms. The number of anilines is 1. The molecule has 0 saturated carbocycles. The van der Waals surface area contributed by atoms with E-state index in [0.29, 0.717) is 29.1 Å². The van der Waals surface area contributed by atoms with Gasteiger partial charge in [-0.2, -0.15) is 0 Å². The third-order valence-corrected chi connectivity index (χ3v) is 5.13. The van der Waals surface area contributed by atoms with Crippen LogP contribution >= 0.6 is 0 Å². The van der Waals surface area contributed by atoms with Crippen molar-refractivity contribution in [2.75, 3.05) is 5.32 Å². The summed E-state index contributed by atoms with van der Waals surface area (Å²) >= 11 is 0. The van der Waals surface area contributed by atoms with E-state index in [9.17, 15) is 14.4 Å². The molecule has 0 bridgehead atoms. The number of carbonyl (C=O) groups excluding carboxylic acids is 3. The number of rotatable bonds is 6. The number of fused-ring (bicyclic) bond motifs is 2. The number of benzene rings is 1. The van der Waals surface area contributed by atoms with Crippen LogP contribution in [0, 0.1) is 5.92 Å². The van der Waals surface area contributed by atoms with Gasteiger partial charge >= 0.3 is 0 Å². The van der Waals surface area contributed by atoms with Crippen LogP contribution < -0.4 is 16.0 Å². The van der Waals surface area contributed by atoms with E-state index in [-0.39, 0.29) is 24.3 Å². The van der Waals surface area contributed by atoms with Crippen LogP contribution in [0.1, 0.15) is 48.9 Å². The van der Waals surface area contributed by atoms with Crippen LogP contribution in [0.15, 0.2) is 48.7 Å². The number of hydrogen-bond acceptors (Lipinski definition) is 5. The second kappa shape index (κ2) is 8.55. The number of nitrogens with zero attached hydrogens (tertiary/aromatic N) is 3. The molecule has 1 aliphatic rings. The minimum Gasteiger partial charge on any atom is -0.346 e. The van der Waals surface area contributed by atoms with Crippen LogP contribution in [0.4, 0.5) is 5.69 Å². The Kier molecular flexibility index (Phi) is 5.66. The van der Waals surface area contributed by atoms with E-state index < -0.39 is 17.9 Å². The summed E-state index contributed by atoms with van der Waals surface area (Å²) in [7, 11) is 0. The van der Waals surface area contributed by atoms with Gasteiger partial charge in [-0.15, -0.1) is 10.2 Å². The van der Waals surface area contributed by atoms with Crippen LogP contribution in [-0.2, 0) is 9.59 Å². The summed E-state index contributed by atoms with van der Waals surface area (Å²) < 4.78 is 1.84. The lowest BCUT2D eigenvalue weighted by Gasteiger charge is -2.21. The highest BCUT2D eigenvalue weighted by Gasteiger charge is 2.30. The zero-order valence-electron chi connectivity index (χ0n) is 17.3. The van der Waals surface area contributed by atoms with Gasteiger partial charge in [-0.3, -0.25) is 18.8 Å². The molecule has 0 radical (unpaired) electrons. The number of nitrogens with one attached hydrogen (secondary N) is 3. The minimum absolute atomic E-state index is 0.184.